The minimum absolute atomic E-state index is 0.280. The number of halogens is 1. The van der Waals surface area contributed by atoms with E-state index in [4.69, 9.17) is 12.2 Å². The second-order valence-electron chi connectivity index (χ2n) is 7.26. The molecule has 0 amide bonds. The third-order valence-corrected chi connectivity index (χ3v) is 8.18. The number of hydrogen-bond acceptors (Lipinski definition) is 7. The van der Waals surface area contributed by atoms with Crippen LogP contribution in [-0.4, -0.2) is 53.6 Å². The lowest BCUT2D eigenvalue weighted by molar-refractivity contribution is 0.145. The van der Waals surface area contributed by atoms with Gasteiger partial charge in [-0.2, -0.15) is 4.31 Å². The van der Waals surface area contributed by atoms with Gasteiger partial charge in [0.2, 0.25) is 15.2 Å². The van der Waals surface area contributed by atoms with Crippen molar-refractivity contribution >= 4 is 44.4 Å². The topological polar surface area (TPSA) is 70.5 Å². The number of hydrogen-bond donors (Lipinski definition) is 1. The molecule has 0 aliphatic carbocycles. The number of piperazine rings is 1. The molecule has 0 bridgehead atoms. The van der Waals surface area contributed by atoms with Gasteiger partial charge in [0.15, 0.2) is 3.95 Å². The first kappa shape index (κ1) is 22.0. The summed E-state index contributed by atoms with van der Waals surface area (Å²) < 4.78 is 43.2. The van der Waals surface area contributed by atoms with Crippen molar-refractivity contribution in [2.45, 2.75) is 18.5 Å². The van der Waals surface area contributed by atoms with Crippen LogP contribution in [0.4, 0.5) is 15.2 Å². The van der Waals surface area contributed by atoms with Crippen molar-refractivity contribution in [3.8, 4) is 0 Å². The van der Waals surface area contributed by atoms with Gasteiger partial charge in [0.25, 0.3) is 0 Å². The Balaban J connectivity index is 1.38. The molecule has 164 valence electrons. The summed E-state index contributed by atoms with van der Waals surface area (Å²) in [6.07, 6.45) is 0. The first-order valence-corrected chi connectivity index (χ1v) is 12.4. The van der Waals surface area contributed by atoms with E-state index in [-0.39, 0.29) is 18.0 Å². The SMILES string of the molecule is Cc1ccc(Nc2nn(CN3CCN(S(=O)(=O)c4ccccc4F)CC3)c(=S)s2)cc1. The maximum absolute atomic E-state index is 14.0. The molecule has 7 nitrogen and oxygen atoms in total. The van der Waals surface area contributed by atoms with Crippen LogP contribution in [0, 0.1) is 16.7 Å². The van der Waals surface area contributed by atoms with Crippen LogP contribution in [0.2, 0.25) is 0 Å². The smallest absolute Gasteiger partial charge is 0.246 e. The van der Waals surface area contributed by atoms with Crippen LogP contribution in [0.3, 0.4) is 0 Å². The van der Waals surface area contributed by atoms with Crippen molar-refractivity contribution in [2.24, 2.45) is 0 Å². The van der Waals surface area contributed by atoms with Crippen LogP contribution in [0.1, 0.15) is 5.56 Å². The molecule has 0 saturated carbocycles. The van der Waals surface area contributed by atoms with E-state index in [0.29, 0.717) is 28.8 Å². The number of rotatable bonds is 6. The molecule has 0 unspecified atom stereocenters. The van der Waals surface area contributed by atoms with Crippen LogP contribution in [-0.2, 0) is 16.7 Å². The lowest BCUT2D eigenvalue weighted by atomic mass is 10.2. The second-order valence-corrected chi connectivity index (χ2v) is 10.8. The zero-order chi connectivity index (χ0) is 22.0. The van der Waals surface area contributed by atoms with Crippen molar-refractivity contribution in [1.29, 1.82) is 0 Å². The Kier molecular flexibility index (Phi) is 6.49. The summed E-state index contributed by atoms with van der Waals surface area (Å²) >= 11 is 6.83. The molecule has 1 fully saturated rings. The standard InChI is InChI=1S/C20H22FN5O2S3/c1-15-6-8-16(9-7-15)22-19-23-26(20(29)30-19)14-24-10-12-25(13-11-24)31(27,28)18-5-3-2-4-17(18)21/h2-9H,10-14H2,1H3,(H,22,23). The molecule has 1 saturated heterocycles. The van der Waals surface area contributed by atoms with Crippen molar-refractivity contribution in [2.75, 3.05) is 31.5 Å². The lowest BCUT2D eigenvalue weighted by Crippen LogP contribution is -2.49. The maximum atomic E-state index is 14.0. The van der Waals surface area contributed by atoms with Crippen LogP contribution in [0.15, 0.2) is 53.4 Å². The summed E-state index contributed by atoms with van der Waals surface area (Å²) in [6.45, 7) is 4.08. The Labute approximate surface area is 189 Å². The number of anilines is 2. The van der Waals surface area contributed by atoms with Crippen molar-refractivity contribution < 1.29 is 12.8 Å². The molecule has 0 radical (unpaired) electrons. The highest BCUT2D eigenvalue weighted by molar-refractivity contribution is 7.89. The Morgan fingerprint density at radius 3 is 2.45 bits per heavy atom. The van der Waals surface area contributed by atoms with E-state index in [1.54, 1.807) is 4.68 Å². The summed E-state index contributed by atoms with van der Waals surface area (Å²) in [7, 11) is -3.85. The van der Waals surface area contributed by atoms with Crippen molar-refractivity contribution in [1.82, 2.24) is 19.0 Å². The molecule has 2 heterocycles. The van der Waals surface area contributed by atoms with Gasteiger partial charge in [-0.15, -0.1) is 5.10 Å². The van der Waals surface area contributed by atoms with Gasteiger partial charge in [-0.1, -0.05) is 41.2 Å². The van der Waals surface area contributed by atoms with Gasteiger partial charge in [-0.05, 0) is 43.4 Å². The highest BCUT2D eigenvalue weighted by atomic mass is 32.2. The molecule has 2 aromatic carbocycles. The fourth-order valence-electron chi connectivity index (χ4n) is 3.30. The number of aromatic nitrogens is 2. The van der Waals surface area contributed by atoms with Crippen LogP contribution in [0.25, 0.3) is 0 Å². The number of sulfonamides is 1. The van der Waals surface area contributed by atoms with E-state index >= 15 is 0 Å². The van der Waals surface area contributed by atoms with E-state index in [1.807, 2.05) is 31.2 Å². The number of benzene rings is 2. The van der Waals surface area contributed by atoms with E-state index in [2.05, 4.69) is 15.3 Å². The highest BCUT2D eigenvalue weighted by Gasteiger charge is 2.30. The van der Waals surface area contributed by atoms with Crippen molar-refractivity contribution in [3.05, 3.63) is 63.9 Å². The number of nitrogens with zero attached hydrogens (tertiary/aromatic N) is 4. The van der Waals surface area contributed by atoms with Crippen LogP contribution in [0.5, 0.6) is 0 Å². The average molecular weight is 480 g/mol. The Hall–Kier alpha value is -2.18. The van der Waals surface area contributed by atoms with Gasteiger partial charge >= 0.3 is 0 Å². The summed E-state index contributed by atoms with van der Waals surface area (Å²) in [4.78, 5) is 1.80. The molecule has 11 heteroatoms. The average Bonchev–Trinajstić information content (AvgIpc) is 3.09. The largest absolute Gasteiger partial charge is 0.330 e. The van der Waals surface area contributed by atoms with Gasteiger partial charge < -0.3 is 5.32 Å². The lowest BCUT2D eigenvalue weighted by Gasteiger charge is -2.33. The fourth-order valence-corrected chi connectivity index (χ4v) is 5.80. The first-order chi connectivity index (χ1) is 14.8. The van der Waals surface area contributed by atoms with Crippen LogP contribution >= 0.6 is 23.6 Å². The molecular weight excluding hydrogens is 457 g/mol. The number of aryl methyl sites for hydroxylation is 1. The Morgan fingerprint density at radius 2 is 1.77 bits per heavy atom. The molecule has 1 aromatic heterocycles. The predicted molar refractivity (Wildman–Crippen MR) is 122 cm³/mol. The summed E-state index contributed by atoms with van der Waals surface area (Å²) in [5.74, 6) is -0.729. The fraction of sp³-hybridized carbons (Fsp3) is 0.300. The van der Waals surface area contributed by atoms with Gasteiger partial charge in [-0.3, -0.25) is 4.90 Å². The van der Waals surface area contributed by atoms with Gasteiger partial charge in [0.05, 0.1) is 6.67 Å². The molecule has 4 rings (SSSR count). The molecule has 31 heavy (non-hydrogen) atoms. The van der Waals surface area contributed by atoms with E-state index in [0.717, 1.165) is 11.8 Å². The molecule has 1 aliphatic heterocycles. The van der Waals surface area contributed by atoms with Gasteiger partial charge in [-0.25, -0.2) is 17.5 Å². The van der Waals surface area contributed by atoms with E-state index in [1.165, 1.54) is 39.4 Å². The molecular formula is C20H22FN5O2S3. The normalized spacial score (nSPS) is 15.8. The second kappa shape index (κ2) is 9.13. The van der Waals surface area contributed by atoms with Gasteiger partial charge in [0, 0.05) is 31.9 Å². The monoisotopic (exact) mass is 479 g/mol. The summed E-state index contributed by atoms with van der Waals surface area (Å²) in [5, 5.41) is 8.51. The third-order valence-electron chi connectivity index (χ3n) is 5.03. The molecule has 3 aromatic rings. The van der Waals surface area contributed by atoms with Crippen LogP contribution < -0.4 is 5.32 Å². The molecule has 1 N–H and O–H groups in total. The number of nitrogens with one attached hydrogen (secondary N) is 1. The molecule has 0 spiro atoms. The maximum Gasteiger partial charge on any atom is 0.246 e. The highest BCUT2D eigenvalue weighted by Crippen LogP contribution is 2.23. The summed E-state index contributed by atoms with van der Waals surface area (Å²) in [5.41, 5.74) is 2.12. The minimum atomic E-state index is -3.85. The van der Waals surface area contributed by atoms with E-state index < -0.39 is 15.8 Å². The Morgan fingerprint density at radius 1 is 1.10 bits per heavy atom. The van der Waals surface area contributed by atoms with E-state index in [9.17, 15) is 12.8 Å². The third kappa shape index (κ3) is 5.01. The first-order valence-electron chi connectivity index (χ1n) is 9.71. The zero-order valence-corrected chi connectivity index (χ0v) is 19.3. The molecule has 1 aliphatic rings. The van der Waals surface area contributed by atoms with Crippen molar-refractivity contribution in [3.63, 3.8) is 0 Å². The zero-order valence-electron chi connectivity index (χ0n) is 16.9. The quantitative estimate of drug-likeness (QED) is 0.542. The minimum Gasteiger partial charge on any atom is -0.330 e. The summed E-state index contributed by atoms with van der Waals surface area (Å²) in [6, 6.07) is 13.5. The molecule has 0 atom stereocenters. The predicted octanol–water partition coefficient (Wildman–Crippen LogP) is 3.83. The van der Waals surface area contributed by atoms with Gasteiger partial charge in [0.1, 0.15) is 10.7 Å². The Bertz CT molecular complexity index is 1220.